The van der Waals surface area contributed by atoms with Crippen molar-refractivity contribution in [3.05, 3.63) is 35.9 Å². The summed E-state index contributed by atoms with van der Waals surface area (Å²) in [6, 6.07) is 10.0. The molecule has 0 aromatic heterocycles. The van der Waals surface area contributed by atoms with Crippen molar-refractivity contribution < 1.29 is 23.8 Å². The Balaban J connectivity index is 1.43. The first-order chi connectivity index (χ1) is 12.0. The van der Waals surface area contributed by atoms with Crippen molar-refractivity contribution in [2.75, 3.05) is 13.7 Å². The molecule has 5 unspecified atom stereocenters. The lowest BCUT2D eigenvalue weighted by Crippen LogP contribution is -2.48. The minimum absolute atomic E-state index is 0.00597. The molecule has 0 aliphatic carbocycles. The number of morpholine rings is 1. The first-order valence-electron chi connectivity index (χ1n) is 8.81. The number of hydrogen-bond donors (Lipinski definition) is 0. The number of benzene rings is 1. The van der Waals surface area contributed by atoms with Crippen LogP contribution in [0.1, 0.15) is 31.2 Å². The molecule has 0 amide bonds. The molecule has 0 N–H and O–H groups in total. The Morgan fingerprint density at radius 1 is 1.20 bits per heavy atom. The molecule has 25 heavy (non-hydrogen) atoms. The van der Waals surface area contributed by atoms with Gasteiger partial charge in [0.25, 0.3) is 0 Å². The smallest absolute Gasteiger partial charge is 0.317 e. The first-order valence-corrected chi connectivity index (χ1v) is 8.81. The molecular weight excluding hydrogens is 322 g/mol. The van der Waals surface area contributed by atoms with Crippen molar-refractivity contribution in [2.45, 2.75) is 56.1 Å². The second kappa shape index (κ2) is 6.42. The number of epoxide rings is 1. The van der Waals surface area contributed by atoms with Crippen molar-refractivity contribution >= 4 is 11.9 Å². The molecule has 3 aliphatic heterocycles. The van der Waals surface area contributed by atoms with Gasteiger partial charge in [-0.2, -0.15) is 0 Å². The van der Waals surface area contributed by atoms with Gasteiger partial charge >= 0.3 is 11.9 Å². The molecule has 3 fully saturated rings. The van der Waals surface area contributed by atoms with Gasteiger partial charge in [0.05, 0.1) is 0 Å². The van der Waals surface area contributed by atoms with Gasteiger partial charge in [0.15, 0.2) is 0 Å². The van der Waals surface area contributed by atoms with E-state index in [0.717, 1.165) is 18.4 Å². The Morgan fingerprint density at radius 2 is 1.84 bits per heavy atom. The van der Waals surface area contributed by atoms with Crippen LogP contribution >= 0.6 is 0 Å². The van der Waals surface area contributed by atoms with Crippen molar-refractivity contribution in [3.63, 3.8) is 0 Å². The van der Waals surface area contributed by atoms with E-state index < -0.39 is 11.9 Å². The maximum atomic E-state index is 12.8. The standard InChI is InChI=1S/C19H23NO5/c1-11(21)23-10-14(12-6-4-3-5-7-12)19(22)24-13-8-15-17-18(25-17)16(9-13)20(15)2/h3-7,13-18H,8-10H2,1-2H3. The molecule has 3 saturated heterocycles. The molecule has 2 bridgehead atoms. The molecule has 1 aromatic rings. The Bertz CT molecular complexity index is 645. The van der Waals surface area contributed by atoms with Gasteiger partial charge in [0, 0.05) is 31.8 Å². The highest BCUT2D eigenvalue weighted by atomic mass is 16.6. The number of piperidine rings is 1. The largest absolute Gasteiger partial charge is 0.465 e. The quantitative estimate of drug-likeness (QED) is 0.595. The summed E-state index contributed by atoms with van der Waals surface area (Å²) in [5.41, 5.74) is 0.802. The third-order valence-corrected chi connectivity index (χ3v) is 5.60. The van der Waals surface area contributed by atoms with E-state index in [4.69, 9.17) is 14.2 Å². The summed E-state index contributed by atoms with van der Waals surface area (Å²) in [4.78, 5) is 26.3. The van der Waals surface area contributed by atoms with E-state index in [1.54, 1.807) is 0 Å². The van der Waals surface area contributed by atoms with Crippen LogP contribution in [0.5, 0.6) is 0 Å². The van der Waals surface area contributed by atoms with Gasteiger partial charge in [-0.15, -0.1) is 0 Å². The Morgan fingerprint density at radius 3 is 2.44 bits per heavy atom. The zero-order valence-electron chi connectivity index (χ0n) is 14.5. The predicted octanol–water partition coefficient (Wildman–Crippen LogP) is 1.49. The van der Waals surface area contributed by atoms with Gasteiger partial charge in [-0.05, 0) is 12.6 Å². The lowest BCUT2D eigenvalue weighted by Gasteiger charge is -2.38. The van der Waals surface area contributed by atoms with Crippen molar-refractivity contribution in [2.24, 2.45) is 0 Å². The molecule has 0 spiro atoms. The maximum Gasteiger partial charge on any atom is 0.317 e. The number of ether oxygens (including phenoxy) is 3. The molecule has 3 heterocycles. The van der Waals surface area contributed by atoms with E-state index in [0.29, 0.717) is 24.3 Å². The van der Waals surface area contributed by atoms with Crippen molar-refractivity contribution in [3.8, 4) is 0 Å². The SMILES string of the molecule is CC(=O)OCC(C(=O)OC1CC2C3OC3C(C1)N2C)c1ccccc1. The third-order valence-electron chi connectivity index (χ3n) is 5.60. The normalized spacial score (nSPS) is 34.1. The zero-order chi connectivity index (χ0) is 17.6. The summed E-state index contributed by atoms with van der Waals surface area (Å²) in [6.45, 7) is 1.35. The van der Waals surface area contributed by atoms with Crippen LogP contribution in [0.3, 0.4) is 0 Å². The molecule has 3 aliphatic rings. The summed E-state index contributed by atoms with van der Waals surface area (Å²) >= 11 is 0. The second-order valence-corrected chi connectivity index (χ2v) is 7.16. The number of rotatable bonds is 5. The summed E-state index contributed by atoms with van der Waals surface area (Å²) in [5.74, 6) is -1.31. The predicted molar refractivity (Wildman–Crippen MR) is 88.9 cm³/mol. The highest BCUT2D eigenvalue weighted by Crippen LogP contribution is 2.48. The van der Waals surface area contributed by atoms with E-state index in [1.807, 2.05) is 30.3 Å². The number of carbonyl (C=O) groups is 2. The van der Waals surface area contributed by atoms with Gasteiger partial charge in [0.1, 0.15) is 30.8 Å². The molecule has 5 atom stereocenters. The molecular formula is C19H23NO5. The number of likely N-dealkylation sites (N-methyl/N-ethyl adjacent to an activating group) is 1. The van der Waals surface area contributed by atoms with Crippen LogP contribution in [0.4, 0.5) is 0 Å². The van der Waals surface area contributed by atoms with Crippen LogP contribution in [-0.2, 0) is 23.8 Å². The summed E-state index contributed by atoms with van der Waals surface area (Å²) < 4.78 is 16.6. The fraction of sp³-hybridized carbons (Fsp3) is 0.579. The summed E-state index contributed by atoms with van der Waals surface area (Å²) in [6.07, 6.45) is 2.12. The monoisotopic (exact) mass is 345 g/mol. The van der Waals surface area contributed by atoms with Crippen LogP contribution in [0.2, 0.25) is 0 Å². The van der Waals surface area contributed by atoms with Gasteiger partial charge in [0.2, 0.25) is 0 Å². The van der Waals surface area contributed by atoms with Crippen molar-refractivity contribution in [1.82, 2.24) is 4.90 Å². The molecule has 134 valence electrons. The van der Waals surface area contributed by atoms with Crippen molar-refractivity contribution in [1.29, 1.82) is 0 Å². The fourth-order valence-corrected chi connectivity index (χ4v) is 4.23. The van der Waals surface area contributed by atoms with E-state index in [-0.39, 0.29) is 18.7 Å². The topological polar surface area (TPSA) is 68.4 Å². The molecule has 0 saturated carbocycles. The summed E-state index contributed by atoms with van der Waals surface area (Å²) in [7, 11) is 2.12. The number of fused-ring (bicyclic) bond motifs is 5. The average Bonchev–Trinajstić information content (AvgIpc) is 3.34. The average molecular weight is 345 g/mol. The molecule has 6 heteroatoms. The van der Waals surface area contributed by atoms with Gasteiger partial charge in [-0.25, -0.2) is 0 Å². The van der Waals surface area contributed by atoms with Crippen LogP contribution in [0, 0.1) is 0 Å². The van der Waals surface area contributed by atoms with E-state index in [9.17, 15) is 9.59 Å². The van der Waals surface area contributed by atoms with Crippen LogP contribution in [0.25, 0.3) is 0 Å². The van der Waals surface area contributed by atoms with Gasteiger partial charge in [-0.3, -0.25) is 14.5 Å². The van der Waals surface area contributed by atoms with E-state index in [2.05, 4.69) is 11.9 Å². The Labute approximate surface area is 147 Å². The zero-order valence-corrected chi connectivity index (χ0v) is 14.5. The lowest BCUT2D eigenvalue weighted by molar-refractivity contribution is -0.158. The highest BCUT2D eigenvalue weighted by molar-refractivity contribution is 5.79. The Kier molecular flexibility index (Phi) is 4.25. The van der Waals surface area contributed by atoms with Crippen LogP contribution in [0.15, 0.2) is 30.3 Å². The number of esters is 2. The molecule has 1 aromatic carbocycles. The molecule has 6 nitrogen and oxygen atoms in total. The number of carbonyl (C=O) groups excluding carboxylic acids is 2. The van der Waals surface area contributed by atoms with E-state index in [1.165, 1.54) is 6.92 Å². The van der Waals surface area contributed by atoms with Crippen LogP contribution in [-0.4, -0.2) is 60.9 Å². The molecule has 4 rings (SSSR count). The highest BCUT2D eigenvalue weighted by Gasteiger charge is 2.62. The minimum atomic E-state index is -0.590. The van der Waals surface area contributed by atoms with E-state index >= 15 is 0 Å². The summed E-state index contributed by atoms with van der Waals surface area (Å²) in [5, 5.41) is 0. The fourth-order valence-electron chi connectivity index (χ4n) is 4.23. The number of hydrogen-bond acceptors (Lipinski definition) is 6. The van der Waals surface area contributed by atoms with Crippen LogP contribution < -0.4 is 0 Å². The second-order valence-electron chi connectivity index (χ2n) is 7.16. The maximum absolute atomic E-state index is 12.8. The minimum Gasteiger partial charge on any atom is -0.465 e. The molecule has 0 radical (unpaired) electrons. The Hall–Kier alpha value is -1.92. The third kappa shape index (κ3) is 3.16. The van der Waals surface area contributed by atoms with Gasteiger partial charge in [-0.1, -0.05) is 30.3 Å². The lowest BCUT2D eigenvalue weighted by atomic mass is 9.97. The number of nitrogens with zero attached hydrogens (tertiary/aromatic N) is 1. The first kappa shape index (κ1) is 16.5. The van der Waals surface area contributed by atoms with Gasteiger partial charge < -0.3 is 14.2 Å².